The number of carbonyl (C=O) groups is 2. The van der Waals surface area contributed by atoms with Crippen LogP contribution in [0.3, 0.4) is 0 Å². The molecule has 1 aromatic carbocycles. The van der Waals surface area contributed by atoms with E-state index in [1.54, 1.807) is 17.9 Å². The number of rotatable bonds is 5. The lowest BCUT2D eigenvalue weighted by molar-refractivity contribution is -0.385. The lowest BCUT2D eigenvalue weighted by Gasteiger charge is -2.42. The number of hydrogen-bond acceptors (Lipinski definition) is 7. The van der Waals surface area contributed by atoms with E-state index in [2.05, 4.69) is 4.90 Å². The van der Waals surface area contributed by atoms with Crippen molar-refractivity contribution in [1.82, 2.24) is 4.90 Å². The zero-order chi connectivity index (χ0) is 21.8. The van der Waals surface area contributed by atoms with Crippen LogP contribution >= 0.6 is 0 Å². The van der Waals surface area contributed by atoms with Crippen molar-refractivity contribution in [1.29, 1.82) is 0 Å². The normalized spacial score (nSPS) is 17.1. The topological polar surface area (TPSA) is 102 Å². The fourth-order valence-electron chi connectivity index (χ4n) is 3.27. The molecule has 1 heterocycles. The number of ether oxygens (including phenoxy) is 2. The van der Waals surface area contributed by atoms with E-state index in [0.29, 0.717) is 25.3 Å². The molecule has 1 atom stereocenters. The molecule has 0 spiro atoms. The Balaban J connectivity index is 2.26. The largest absolute Gasteiger partial charge is 0.462 e. The molecule has 0 aromatic heterocycles. The summed E-state index contributed by atoms with van der Waals surface area (Å²) in [5, 5.41) is 11.3. The molecule has 1 amide bonds. The minimum Gasteiger partial charge on any atom is -0.462 e. The number of carbonyl (C=O) groups excluding carboxylic acids is 2. The van der Waals surface area contributed by atoms with E-state index in [1.165, 1.54) is 12.1 Å². The quantitative estimate of drug-likeness (QED) is 0.417. The van der Waals surface area contributed by atoms with Gasteiger partial charge in [0.25, 0.3) is 5.69 Å². The van der Waals surface area contributed by atoms with E-state index >= 15 is 0 Å². The Hall–Kier alpha value is -2.84. The molecule has 1 aromatic rings. The number of hydrogen-bond donors (Lipinski definition) is 0. The maximum Gasteiger partial charge on any atom is 0.410 e. The molecule has 0 saturated carbocycles. The number of nitro benzene ring substituents is 1. The van der Waals surface area contributed by atoms with Crippen LogP contribution in [-0.2, 0) is 9.47 Å². The van der Waals surface area contributed by atoms with Crippen LogP contribution in [0.2, 0.25) is 0 Å². The minimum absolute atomic E-state index is 0.00669. The number of amides is 1. The molecule has 2 rings (SSSR count). The van der Waals surface area contributed by atoms with E-state index < -0.39 is 16.5 Å². The van der Waals surface area contributed by atoms with Crippen molar-refractivity contribution in [2.45, 2.75) is 52.7 Å². The Labute approximate surface area is 170 Å². The van der Waals surface area contributed by atoms with Crippen LogP contribution in [0.4, 0.5) is 16.2 Å². The second-order valence-corrected chi connectivity index (χ2v) is 7.86. The summed E-state index contributed by atoms with van der Waals surface area (Å²) in [4.78, 5) is 39.1. The highest BCUT2D eigenvalue weighted by Gasteiger charge is 2.32. The summed E-state index contributed by atoms with van der Waals surface area (Å²) < 4.78 is 10.4. The fourth-order valence-corrected chi connectivity index (χ4v) is 3.27. The maximum atomic E-state index is 12.4. The highest BCUT2D eigenvalue weighted by Crippen LogP contribution is 2.29. The van der Waals surface area contributed by atoms with Crippen LogP contribution in [0.25, 0.3) is 0 Å². The smallest absolute Gasteiger partial charge is 0.410 e. The van der Waals surface area contributed by atoms with Crippen LogP contribution in [0.15, 0.2) is 18.2 Å². The number of anilines is 1. The molecule has 0 bridgehead atoms. The van der Waals surface area contributed by atoms with Gasteiger partial charge in [-0.15, -0.1) is 0 Å². The molecule has 0 unspecified atom stereocenters. The molecule has 1 aliphatic heterocycles. The van der Waals surface area contributed by atoms with Gasteiger partial charge in [0.1, 0.15) is 11.2 Å². The van der Waals surface area contributed by atoms with E-state index in [0.717, 1.165) is 6.42 Å². The third kappa shape index (κ3) is 5.58. The third-order valence-electron chi connectivity index (χ3n) is 4.61. The van der Waals surface area contributed by atoms with Crippen molar-refractivity contribution in [3.8, 4) is 0 Å². The molecule has 9 nitrogen and oxygen atoms in total. The highest BCUT2D eigenvalue weighted by atomic mass is 16.6. The van der Waals surface area contributed by atoms with Crippen molar-refractivity contribution < 1.29 is 24.0 Å². The van der Waals surface area contributed by atoms with Crippen LogP contribution in [0.5, 0.6) is 0 Å². The number of esters is 1. The number of nitrogens with zero attached hydrogens (tertiary/aromatic N) is 3. The lowest BCUT2D eigenvalue weighted by atomic mass is 10.1. The molecular weight excluding hydrogens is 378 g/mol. The predicted octanol–water partition coefficient (Wildman–Crippen LogP) is 3.61. The Kier molecular flexibility index (Phi) is 7.05. The maximum absolute atomic E-state index is 12.4. The first kappa shape index (κ1) is 22.4. The van der Waals surface area contributed by atoms with Gasteiger partial charge in [0.15, 0.2) is 0 Å². The van der Waals surface area contributed by atoms with E-state index in [1.807, 2.05) is 27.7 Å². The number of nitro groups is 1. The molecule has 1 saturated heterocycles. The summed E-state index contributed by atoms with van der Waals surface area (Å²) in [6.07, 6.45) is 0.400. The predicted molar refractivity (Wildman–Crippen MR) is 108 cm³/mol. The lowest BCUT2D eigenvalue weighted by Crippen LogP contribution is -2.55. The molecule has 1 fully saturated rings. The monoisotopic (exact) mass is 407 g/mol. The fraction of sp³-hybridized carbons (Fsp3) is 0.600. The summed E-state index contributed by atoms with van der Waals surface area (Å²) >= 11 is 0. The van der Waals surface area contributed by atoms with Gasteiger partial charge >= 0.3 is 12.1 Å². The van der Waals surface area contributed by atoms with Crippen molar-refractivity contribution in [2.24, 2.45) is 0 Å². The Morgan fingerprint density at radius 1 is 1.24 bits per heavy atom. The van der Waals surface area contributed by atoms with E-state index in [9.17, 15) is 19.7 Å². The summed E-state index contributed by atoms with van der Waals surface area (Å²) in [5.74, 6) is -0.721. The SMILES string of the molecule is CCOC(=O)c1cc(N2CCN(C(=O)OC(C)(C)C)C[C@H]2CC)ccc1[N+](=O)[O-]. The molecule has 0 radical (unpaired) electrons. The molecule has 160 valence electrons. The zero-order valence-corrected chi connectivity index (χ0v) is 17.6. The highest BCUT2D eigenvalue weighted by molar-refractivity contribution is 5.95. The first-order valence-corrected chi connectivity index (χ1v) is 9.77. The van der Waals surface area contributed by atoms with Crippen molar-refractivity contribution in [3.63, 3.8) is 0 Å². The van der Waals surface area contributed by atoms with Crippen molar-refractivity contribution in [3.05, 3.63) is 33.9 Å². The molecule has 29 heavy (non-hydrogen) atoms. The van der Waals surface area contributed by atoms with Crippen LogP contribution < -0.4 is 4.90 Å². The first-order valence-electron chi connectivity index (χ1n) is 9.77. The van der Waals surface area contributed by atoms with Crippen molar-refractivity contribution in [2.75, 3.05) is 31.1 Å². The first-order chi connectivity index (χ1) is 13.6. The molecular formula is C20H29N3O6. The van der Waals surface area contributed by atoms with Crippen LogP contribution in [-0.4, -0.2) is 59.8 Å². The average Bonchev–Trinajstić information content (AvgIpc) is 2.65. The van der Waals surface area contributed by atoms with Crippen LogP contribution in [0, 0.1) is 10.1 Å². The zero-order valence-electron chi connectivity index (χ0n) is 17.6. The van der Waals surface area contributed by atoms with Crippen LogP contribution in [0.1, 0.15) is 51.4 Å². The summed E-state index contributed by atoms with van der Waals surface area (Å²) in [6, 6.07) is 4.45. The van der Waals surface area contributed by atoms with Gasteiger partial charge in [-0.2, -0.15) is 0 Å². The van der Waals surface area contributed by atoms with Gasteiger partial charge in [-0.1, -0.05) is 6.92 Å². The Morgan fingerprint density at radius 3 is 2.48 bits per heavy atom. The summed E-state index contributed by atoms with van der Waals surface area (Å²) in [7, 11) is 0. The average molecular weight is 407 g/mol. The second kappa shape index (κ2) is 9.11. The second-order valence-electron chi connectivity index (χ2n) is 7.86. The van der Waals surface area contributed by atoms with Gasteiger partial charge in [0, 0.05) is 37.4 Å². The summed E-state index contributed by atoms with van der Waals surface area (Å²) in [5.41, 5.74) is -0.233. The van der Waals surface area contributed by atoms with Gasteiger partial charge in [-0.05, 0) is 46.2 Å². The van der Waals surface area contributed by atoms with Gasteiger partial charge < -0.3 is 19.3 Å². The minimum atomic E-state index is -0.721. The molecule has 1 aliphatic rings. The van der Waals surface area contributed by atoms with E-state index in [-0.39, 0.29) is 30.0 Å². The van der Waals surface area contributed by atoms with Gasteiger partial charge in [-0.25, -0.2) is 9.59 Å². The van der Waals surface area contributed by atoms with E-state index in [4.69, 9.17) is 9.47 Å². The molecule has 0 aliphatic carbocycles. The number of piperazine rings is 1. The standard InChI is InChI=1S/C20H29N3O6/c1-6-14-13-21(19(25)29-20(3,4)5)10-11-22(14)15-8-9-17(23(26)27)16(12-15)18(24)28-7-2/h8-9,12,14H,6-7,10-11,13H2,1-5H3/t14-/m1/s1. The Bertz CT molecular complexity index is 774. The van der Waals surface area contributed by atoms with Gasteiger partial charge in [0.2, 0.25) is 0 Å². The van der Waals surface area contributed by atoms with Crippen molar-refractivity contribution >= 4 is 23.4 Å². The molecule has 0 N–H and O–H groups in total. The third-order valence-corrected chi connectivity index (χ3v) is 4.61. The van der Waals surface area contributed by atoms with Gasteiger partial charge in [0.05, 0.1) is 11.5 Å². The number of benzene rings is 1. The summed E-state index contributed by atoms with van der Waals surface area (Å²) in [6.45, 7) is 10.7. The molecule has 9 heteroatoms. The Morgan fingerprint density at radius 2 is 1.93 bits per heavy atom. The van der Waals surface area contributed by atoms with Gasteiger partial charge in [-0.3, -0.25) is 10.1 Å².